The summed E-state index contributed by atoms with van der Waals surface area (Å²) in [7, 11) is 0. The fraction of sp³-hybridized carbons (Fsp3) is 1.00. The molecule has 0 N–H and O–H groups in total. The van der Waals surface area contributed by atoms with E-state index in [1.165, 1.54) is 32.1 Å². The largest absolute Gasteiger partial charge is 0.0654 e. The van der Waals surface area contributed by atoms with Gasteiger partial charge < -0.3 is 0 Å². The van der Waals surface area contributed by atoms with Gasteiger partial charge >= 0.3 is 0 Å². The number of rotatable bonds is 7. The van der Waals surface area contributed by atoms with E-state index < -0.39 is 0 Å². The second-order valence-corrected chi connectivity index (χ2v) is 5.90. The highest BCUT2D eigenvalue weighted by Gasteiger charge is 2.42. The van der Waals surface area contributed by atoms with Crippen LogP contribution in [-0.2, 0) is 0 Å². The minimum atomic E-state index is 0.470. The summed E-state index contributed by atoms with van der Waals surface area (Å²) < 4.78 is 0. The molecule has 0 aromatic rings. The molecular formula is C15H32. The van der Waals surface area contributed by atoms with E-state index in [0.717, 1.165) is 5.92 Å². The van der Waals surface area contributed by atoms with Crippen LogP contribution in [0.2, 0.25) is 0 Å². The molecule has 0 rings (SSSR count). The zero-order valence-corrected chi connectivity index (χ0v) is 12.1. The molecule has 0 nitrogen and oxygen atoms in total. The first kappa shape index (κ1) is 15.0. The predicted molar refractivity (Wildman–Crippen MR) is 71.2 cm³/mol. The van der Waals surface area contributed by atoms with Gasteiger partial charge in [0.2, 0.25) is 0 Å². The zero-order chi connectivity index (χ0) is 12.1. The number of hydrogen-bond donors (Lipinski definition) is 0. The molecule has 2 atom stereocenters. The van der Waals surface area contributed by atoms with Crippen molar-refractivity contribution in [2.24, 2.45) is 16.7 Å². The maximum atomic E-state index is 2.51. The Balaban J connectivity index is 4.95. The van der Waals surface area contributed by atoms with Crippen LogP contribution in [0.5, 0.6) is 0 Å². The molecule has 0 fully saturated rings. The summed E-state index contributed by atoms with van der Waals surface area (Å²) in [6.07, 6.45) is 6.66. The highest BCUT2D eigenvalue weighted by Crippen LogP contribution is 2.51. The van der Waals surface area contributed by atoms with Crippen molar-refractivity contribution in [3.63, 3.8) is 0 Å². The van der Waals surface area contributed by atoms with E-state index in [9.17, 15) is 0 Å². The van der Waals surface area contributed by atoms with Crippen molar-refractivity contribution >= 4 is 0 Å². The third-order valence-electron chi connectivity index (χ3n) is 5.20. The number of hydrogen-bond acceptors (Lipinski definition) is 0. The predicted octanol–water partition coefficient (Wildman–Crippen LogP) is 5.67. The van der Waals surface area contributed by atoms with Crippen molar-refractivity contribution in [2.45, 2.75) is 80.6 Å². The molecule has 2 unspecified atom stereocenters. The summed E-state index contributed by atoms with van der Waals surface area (Å²) in [6, 6.07) is 0. The van der Waals surface area contributed by atoms with Gasteiger partial charge in [-0.3, -0.25) is 0 Å². The smallest absolute Gasteiger partial charge is 0.0249 e. The normalized spacial score (nSPS) is 18.6. The molecule has 0 radical (unpaired) electrons. The summed E-state index contributed by atoms with van der Waals surface area (Å²) in [5.41, 5.74) is 0.976. The molecule has 0 aliphatic carbocycles. The molecule has 0 saturated carbocycles. The monoisotopic (exact) mass is 212 g/mol. The Bertz CT molecular complexity index is 169. The van der Waals surface area contributed by atoms with Gasteiger partial charge in [-0.25, -0.2) is 0 Å². The zero-order valence-electron chi connectivity index (χ0n) is 12.1. The molecule has 0 aliphatic rings. The molecule has 0 saturated heterocycles. The lowest BCUT2D eigenvalue weighted by Crippen LogP contribution is -2.40. The van der Waals surface area contributed by atoms with Crippen LogP contribution < -0.4 is 0 Å². The van der Waals surface area contributed by atoms with E-state index >= 15 is 0 Å². The van der Waals surface area contributed by atoms with Crippen molar-refractivity contribution in [2.75, 3.05) is 0 Å². The molecule has 15 heavy (non-hydrogen) atoms. The lowest BCUT2D eigenvalue weighted by Gasteiger charge is -2.49. The van der Waals surface area contributed by atoms with Crippen molar-refractivity contribution in [1.82, 2.24) is 0 Å². The van der Waals surface area contributed by atoms with Crippen LogP contribution in [0.15, 0.2) is 0 Å². The molecule has 0 heterocycles. The van der Waals surface area contributed by atoms with Crippen LogP contribution in [0.1, 0.15) is 80.6 Å². The van der Waals surface area contributed by atoms with Gasteiger partial charge in [0.15, 0.2) is 0 Å². The van der Waals surface area contributed by atoms with Gasteiger partial charge in [0.05, 0.1) is 0 Å². The van der Waals surface area contributed by atoms with Crippen molar-refractivity contribution < 1.29 is 0 Å². The SMILES string of the molecule is CCCC(CC)C(C)(CC)C(C)(C)CC. The Kier molecular flexibility index (Phi) is 5.92. The molecular weight excluding hydrogens is 180 g/mol. The van der Waals surface area contributed by atoms with Gasteiger partial charge in [-0.05, 0) is 23.2 Å². The fourth-order valence-electron chi connectivity index (χ4n) is 3.05. The lowest BCUT2D eigenvalue weighted by molar-refractivity contribution is 0.00507. The first-order chi connectivity index (χ1) is 6.89. The molecule has 0 heteroatoms. The minimum absolute atomic E-state index is 0.470. The molecule has 0 aromatic carbocycles. The lowest BCUT2D eigenvalue weighted by atomic mass is 9.56. The molecule has 0 aliphatic heterocycles. The standard InChI is InChI=1S/C15H32/c1-8-12-13(9-2)15(7,11-4)14(5,6)10-3/h13H,8-12H2,1-7H3. The van der Waals surface area contributed by atoms with Crippen molar-refractivity contribution in [3.8, 4) is 0 Å². The average Bonchev–Trinajstić information content (AvgIpc) is 2.24. The Morgan fingerprint density at radius 3 is 1.67 bits per heavy atom. The van der Waals surface area contributed by atoms with E-state index in [0.29, 0.717) is 10.8 Å². The van der Waals surface area contributed by atoms with Crippen LogP contribution >= 0.6 is 0 Å². The Morgan fingerprint density at radius 1 is 0.867 bits per heavy atom. The van der Waals surface area contributed by atoms with Crippen LogP contribution in [0.3, 0.4) is 0 Å². The van der Waals surface area contributed by atoms with Crippen LogP contribution in [0.25, 0.3) is 0 Å². The van der Waals surface area contributed by atoms with Crippen molar-refractivity contribution in [1.29, 1.82) is 0 Å². The minimum Gasteiger partial charge on any atom is -0.0654 e. The molecule has 0 amide bonds. The quantitative estimate of drug-likeness (QED) is 0.510. The van der Waals surface area contributed by atoms with Gasteiger partial charge in [-0.2, -0.15) is 0 Å². The second-order valence-electron chi connectivity index (χ2n) is 5.90. The summed E-state index contributed by atoms with van der Waals surface area (Å²) >= 11 is 0. The highest BCUT2D eigenvalue weighted by molar-refractivity contribution is 4.92. The van der Waals surface area contributed by atoms with Crippen LogP contribution in [0, 0.1) is 16.7 Å². The Hall–Kier alpha value is 0. The average molecular weight is 212 g/mol. The maximum Gasteiger partial charge on any atom is -0.0249 e. The van der Waals surface area contributed by atoms with Gasteiger partial charge in [0, 0.05) is 0 Å². The summed E-state index contributed by atoms with van der Waals surface area (Å²) in [5.74, 6) is 0.891. The van der Waals surface area contributed by atoms with E-state index in [1.54, 1.807) is 0 Å². The third kappa shape index (κ3) is 2.98. The molecule has 0 spiro atoms. The summed E-state index contributed by atoms with van der Waals surface area (Å²) in [6.45, 7) is 16.8. The fourth-order valence-corrected chi connectivity index (χ4v) is 3.05. The summed E-state index contributed by atoms with van der Waals surface area (Å²) in [4.78, 5) is 0. The van der Waals surface area contributed by atoms with Gasteiger partial charge in [0.1, 0.15) is 0 Å². The van der Waals surface area contributed by atoms with E-state index in [-0.39, 0.29) is 0 Å². The van der Waals surface area contributed by atoms with Gasteiger partial charge in [0.25, 0.3) is 0 Å². The Morgan fingerprint density at radius 2 is 1.40 bits per heavy atom. The van der Waals surface area contributed by atoms with Crippen LogP contribution in [0.4, 0.5) is 0 Å². The first-order valence-corrected chi connectivity index (χ1v) is 6.89. The molecule has 0 bridgehead atoms. The third-order valence-corrected chi connectivity index (χ3v) is 5.20. The van der Waals surface area contributed by atoms with Gasteiger partial charge in [-0.15, -0.1) is 0 Å². The second kappa shape index (κ2) is 5.92. The maximum absolute atomic E-state index is 2.51. The molecule has 92 valence electrons. The highest BCUT2D eigenvalue weighted by atomic mass is 14.5. The molecule has 0 aromatic heterocycles. The van der Waals surface area contributed by atoms with Crippen molar-refractivity contribution in [3.05, 3.63) is 0 Å². The van der Waals surface area contributed by atoms with Gasteiger partial charge in [-0.1, -0.05) is 74.1 Å². The topological polar surface area (TPSA) is 0 Å². The van der Waals surface area contributed by atoms with E-state index in [4.69, 9.17) is 0 Å². The summed E-state index contributed by atoms with van der Waals surface area (Å²) in [5, 5.41) is 0. The van der Waals surface area contributed by atoms with E-state index in [1.807, 2.05) is 0 Å². The first-order valence-electron chi connectivity index (χ1n) is 6.89. The van der Waals surface area contributed by atoms with E-state index in [2.05, 4.69) is 48.5 Å². The Labute approximate surface area is 97.8 Å². The van der Waals surface area contributed by atoms with Crippen LogP contribution in [-0.4, -0.2) is 0 Å².